The molecule has 1 aliphatic rings. The number of likely N-dealkylation sites (tertiary alicyclic amines) is 1. The zero-order chi connectivity index (χ0) is 17.7. The second kappa shape index (κ2) is 8.07. The molecule has 8 heteroatoms. The van der Waals surface area contributed by atoms with E-state index in [1.807, 2.05) is 23.9 Å². The third kappa shape index (κ3) is 4.08. The van der Waals surface area contributed by atoms with Crippen LogP contribution in [0.3, 0.4) is 0 Å². The monoisotopic (exact) mass is 363 g/mol. The Kier molecular flexibility index (Phi) is 5.82. The van der Waals surface area contributed by atoms with Crippen LogP contribution in [0.5, 0.6) is 0 Å². The lowest BCUT2D eigenvalue weighted by atomic mass is 9.86. The minimum Gasteiger partial charge on any atom is -0.383 e. The predicted molar refractivity (Wildman–Crippen MR) is 96.4 cm³/mol. The van der Waals surface area contributed by atoms with E-state index in [4.69, 9.17) is 4.74 Å². The zero-order valence-corrected chi connectivity index (χ0v) is 15.6. The third-order valence-electron chi connectivity index (χ3n) is 4.69. The molecule has 0 bridgehead atoms. The van der Waals surface area contributed by atoms with E-state index < -0.39 is 5.54 Å². The van der Waals surface area contributed by atoms with Gasteiger partial charge in [0.25, 0.3) is 0 Å². The highest BCUT2D eigenvalue weighted by Gasteiger charge is 2.43. The summed E-state index contributed by atoms with van der Waals surface area (Å²) >= 11 is 1.68. The Bertz CT molecular complexity index is 677. The molecular weight excluding hydrogens is 338 g/mol. The van der Waals surface area contributed by atoms with E-state index in [1.165, 1.54) is 0 Å². The molecule has 0 atom stereocenters. The van der Waals surface area contributed by atoms with E-state index in [0.29, 0.717) is 13.2 Å². The first-order valence-electron chi connectivity index (χ1n) is 8.55. The van der Waals surface area contributed by atoms with Gasteiger partial charge in [0.1, 0.15) is 5.54 Å². The van der Waals surface area contributed by atoms with Crippen molar-refractivity contribution in [3.8, 4) is 0 Å². The molecule has 0 aromatic carbocycles. The third-order valence-corrected chi connectivity index (χ3v) is 5.52. The quantitative estimate of drug-likeness (QED) is 0.753. The molecule has 136 valence electrons. The van der Waals surface area contributed by atoms with Crippen LogP contribution in [0.1, 0.15) is 23.5 Å². The molecule has 7 nitrogen and oxygen atoms in total. The lowest BCUT2D eigenvalue weighted by molar-refractivity contribution is -0.133. The van der Waals surface area contributed by atoms with Gasteiger partial charge < -0.3 is 10.1 Å². The fraction of sp³-hybridized carbons (Fsp3) is 0.588. The second-order valence-electron chi connectivity index (χ2n) is 6.36. The summed E-state index contributed by atoms with van der Waals surface area (Å²) in [6, 6.07) is 1.87. The van der Waals surface area contributed by atoms with Gasteiger partial charge >= 0.3 is 0 Å². The fourth-order valence-corrected chi connectivity index (χ4v) is 3.91. The Balaban J connectivity index is 1.67. The molecule has 0 saturated carbocycles. The topological polar surface area (TPSA) is 72.3 Å². The van der Waals surface area contributed by atoms with Crippen LogP contribution in [0.15, 0.2) is 23.8 Å². The Hall–Kier alpha value is -1.77. The van der Waals surface area contributed by atoms with Crippen LogP contribution in [-0.2, 0) is 21.6 Å². The van der Waals surface area contributed by atoms with Crippen LogP contribution in [0.25, 0.3) is 0 Å². The van der Waals surface area contributed by atoms with Crippen molar-refractivity contribution in [1.29, 1.82) is 0 Å². The average molecular weight is 363 g/mol. The van der Waals surface area contributed by atoms with Crippen molar-refractivity contribution >= 4 is 17.2 Å². The lowest BCUT2D eigenvalue weighted by Crippen LogP contribution is -2.55. The van der Waals surface area contributed by atoms with Gasteiger partial charge in [-0.15, -0.1) is 11.3 Å². The molecule has 2 aromatic rings. The summed E-state index contributed by atoms with van der Waals surface area (Å²) in [5.41, 5.74) is 0.491. The molecule has 1 N–H and O–H groups in total. The number of piperidine rings is 1. The van der Waals surface area contributed by atoms with E-state index in [9.17, 15) is 4.79 Å². The SMILES string of the molecule is COCCNC(=O)C1(n2cccn2)CCN(Cc2csc(C)n2)CC1. The summed E-state index contributed by atoms with van der Waals surface area (Å²) in [6.07, 6.45) is 5.08. The Morgan fingerprint density at radius 1 is 1.44 bits per heavy atom. The van der Waals surface area contributed by atoms with Crippen LogP contribution in [-0.4, -0.2) is 58.9 Å². The van der Waals surface area contributed by atoms with Gasteiger partial charge in [-0.1, -0.05) is 0 Å². The molecular formula is C17H25N5O2S. The molecule has 1 amide bonds. The predicted octanol–water partition coefficient (Wildman–Crippen LogP) is 1.40. The largest absolute Gasteiger partial charge is 0.383 e. The molecule has 1 saturated heterocycles. The second-order valence-corrected chi connectivity index (χ2v) is 7.43. The van der Waals surface area contributed by atoms with E-state index in [0.717, 1.165) is 43.2 Å². The van der Waals surface area contributed by atoms with Crippen LogP contribution in [0, 0.1) is 6.92 Å². The first kappa shape index (κ1) is 18.0. The maximum atomic E-state index is 12.9. The van der Waals surface area contributed by atoms with Gasteiger partial charge in [-0.2, -0.15) is 5.10 Å². The van der Waals surface area contributed by atoms with Gasteiger partial charge in [-0.05, 0) is 25.8 Å². The number of thiazole rings is 1. The van der Waals surface area contributed by atoms with Crippen molar-refractivity contribution in [3.63, 3.8) is 0 Å². The number of nitrogens with zero attached hydrogens (tertiary/aromatic N) is 4. The molecule has 1 fully saturated rings. The summed E-state index contributed by atoms with van der Waals surface area (Å²) in [5.74, 6) is 0.0254. The van der Waals surface area contributed by atoms with E-state index in [-0.39, 0.29) is 5.91 Å². The summed E-state index contributed by atoms with van der Waals surface area (Å²) in [5, 5.41) is 10.6. The first-order valence-corrected chi connectivity index (χ1v) is 9.43. The molecule has 0 aliphatic carbocycles. The summed E-state index contributed by atoms with van der Waals surface area (Å²) in [7, 11) is 1.63. The highest BCUT2D eigenvalue weighted by Crippen LogP contribution is 2.30. The summed E-state index contributed by atoms with van der Waals surface area (Å²) < 4.78 is 6.86. The molecule has 1 aliphatic heterocycles. The van der Waals surface area contributed by atoms with E-state index in [1.54, 1.807) is 24.6 Å². The van der Waals surface area contributed by atoms with E-state index >= 15 is 0 Å². The van der Waals surface area contributed by atoms with Crippen LogP contribution >= 0.6 is 11.3 Å². The maximum Gasteiger partial charge on any atom is 0.248 e. The number of carbonyl (C=O) groups excluding carboxylic acids is 1. The molecule has 0 radical (unpaired) electrons. The maximum absolute atomic E-state index is 12.9. The van der Waals surface area contributed by atoms with Crippen molar-refractivity contribution in [2.45, 2.75) is 31.8 Å². The molecule has 2 aromatic heterocycles. The van der Waals surface area contributed by atoms with Crippen LogP contribution in [0.4, 0.5) is 0 Å². The van der Waals surface area contributed by atoms with Gasteiger partial charge in [0.2, 0.25) is 5.91 Å². The number of aromatic nitrogens is 3. The van der Waals surface area contributed by atoms with Crippen LogP contribution < -0.4 is 5.32 Å². The first-order chi connectivity index (χ1) is 12.1. The Labute approximate surface area is 152 Å². The highest BCUT2D eigenvalue weighted by molar-refractivity contribution is 7.09. The number of nitrogens with one attached hydrogen (secondary N) is 1. The number of rotatable bonds is 7. The number of methoxy groups -OCH3 is 1. The number of hydrogen-bond acceptors (Lipinski definition) is 6. The van der Waals surface area contributed by atoms with Crippen molar-refractivity contribution < 1.29 is 9.53 Å². The van der Waals surface area contributed by atoms with Crippen molar-refractivity contribution in [2.24, 2.45) is 0 Å². The van der Waals surface area contributed by atoms with E-state index in [2.05, 4.69) is 25.7 Å². The van der Waals surface area contributed by atoms with Crippen molar-refractivity contribution in [1.82, 2.24) is 25.0 Å². The number of amides is 1. The minimum atomic E-state index is -0.619. The minimum absolute atomic E-state index is 0.0254. The zero-order valence-electron chi connectivity index (χ0n) is 14.8. The molecule has 3 rings (SSSR count). The van der Waals surface area contributed by atoms with Crippen LogP contribution in [0.2, 0.25) is 0 Å². The van der Waals surface area contributed by atoms with Gasteiger partial charge in [0, 0.05) is 51.1 Å². The Morgan fingerprint density at radius 2 is 2.24 bits per heavy atom. The highest BCUT2D eigenvalue weighted by atomic mass is 32.1. The average Bonchev–Trinajstić information content (AvgIpc) is 3.28. The summed E-state index contributed by atoms with van der Waals surface area (Å²) in [4.78, 5) is 19.8. The summed E-state index contributed by atoms with van der Waals surface area (Å²) in [6.45, 7) is 5.57. The number of hydrogen-bond donors (Lipinski definition) is 1. The standard InChI is InChI=1S/C17H25N5O2S/c1-14-20-15(13-25-14)12-21-9-4-17(5-10-21,22-8-3-6-19-22)16(23)18-7-11-24-2/h3,6,8,13H,4-5,7,9-12H2,1-2H3,(H,18,23). The van der Waals surface area contributed by atoms with Crippen molar-refractivity contribution in [2.75, 3.05) is 33.4 Å². The smallest absolute Gasteiger partial charge is 0.248 e. The molecule has 0 spiro atoms. The number of ether oxygens (including phenoxy) is 1. The Morgan fingerprint density at radius 3 is 2.84 bits per heavy atom. The lowest BCUT2D eigenvalue weighted by Gasteiger charge is -2.40. The molecule has 3 heterocycles. The van der Waals surface area contributed by atoms with Crippen molar-refractivity contribution in [3.05, 3.63) is 34.5 Å². The van der Waals surface area contributed by atoms with Gasteiger partial charge in [0.15, 0.2) is 0 Å². The molecule has 25 heavy (non-hydrogen) atoms. The molecule has 0 unspecified atom stereocenters. The normalized spacial score (nSPS) is 17.5. The number of aryl methyl sites for hydroxylation is 1. The van der Waals surface area contributed by atoms with Gasteiger partial charge in [0.05, 0.1) is 17.3 Å². The van der Waals surface area contributed by atoms with Gasteiger partial charge in [-0.25, -0.2) is 4.98 Å². The number of carbonyl (C=O) groups is 1. The van der Waals surface area contributed by atoms with Gasteiger partial charge in [-0.3, -0.25) is 14.4 Å². The fourth-order valence-electron chi connectivity index (χ4n) is 3.30.